The summed E-state index contributed by atoms with van der Waals surface area (Å²) in [6, 6.07) is 7.88. The lowest BCUT2D eigenvalue weighted by Crippen LogP contribution is -2.43. The SMILES string of the molecule is CCCCNC(=O)C1CCN(C(=O)c2ccc(CSC)cc2)CC1. The average Bonchev–Trinajstić information content (AvgIpc) is 2.62. The minimum absolute atomic E-state index is 0.0508. The van der Waals surface area contributed by atoms with Crippen LogP contribution in [0.4, 0.5) is 0 Å². The number of nitrogens with zero attached hydrogens (tertiary/aromatic N) is 1. The smallest absolute Gasteiger partial charge is 0.253 e. The van der Waals surface area contributed by atoms with Gasteiger partial charge in [0, 0.05) is 36.9 Å². The second-order valence-electron chi connectivity index (χ2n) is 6.34. The zero-order valence-electron chi connectivity index (χ0n) is 14.7. The maximum atomic E-state index is 12.6. The molecular formula is C19H28N2O2S. The van der Waals surface area contributed by atoms with Crippen molar-refractivity contribution in [2.24, 2.45) is 5.92 Å². The Morgan fingerprint density at radius 2 is 1.88 bits per heavy atom. The number of nitrogens with one attached hydrogen (secondary N) is 1. The number of rotatable bonds is 7. The molecule has 1 heterocycles. The number of thioether (sulfide) groups is 1. The number of likely N-dealkylation sites (tertiary alicyclic amines) is 1. The van der Waals surface area contributed by atoms with Crippen LogP contribution in [0.1, 0.15) is 48.5 Å². The van der Waals surface area contributed by atoms with E-state index in [-0.39, 0.29) is 17.7 Å². The van der Waals surface area contributed by atoms with E-state index in [1.165, 1.54) is 5.56 Å². The summed E-state index contributed by atoms with van der Waals surface area (Å²) < 4.78 is 0. The van der Waals surface area contributed by atoms with Crippen LogP contribution in [0, 0.1) is 5.92 Å². The van der Waals surface area contributed by atoms with E-state index in [0.717, 1.165) is 43.5 Å². The molecule has 0 aromatic heterocycles. The molecule has 0 spiro atoms. The summed E-state index contributed by atoms with van der Waals surface area (Å²) in [5.74, 6) is 1.25. The third kappa shape index (κ3) is 5.26. The molecule has 0 unspecified atom stereocenters. The third-order valence-electron chi connectivity index (χ3n) is 4.49. The molecule has 1 aromatic rings. The van der Waals surface area contributed by atoms with Gasteiger partial charge in [-0.2, -0.15) is 11.8 Å². The fraction of sp³-hybridized carbons (Fsp3) is 0.579. The van der Waals surface area contributed by atoms with Crippen LogP contribution >= 0.6 is 11.8 Å². The van der Waals surface area contributed by atoms with E-state index < -0.39 is 0 Å². The number of hydrogen-bond acceptors (Lipinski definition) is 3. The molecule has 1 aromatic carbocycles. The molecule has 1 N–H and O–H groups in total. The normalized spacial score (nSPS) is 15.3. The Bertz CT molecular complexity index is 537. The van der Waals surface area contributed by atoms with E-state index in [2.05, 4.69) is 18.5 Å². The monoisotopic (exact) mass is 348 g/mol. The van der Waals surface area contributed by atoms with E-state index >= 15 is 0 Å². The van der Waals surface area contributed by atoms with Crippen molar-refractivity contribution in [3.05, 3.63) is 35.4 Å². The summed E-state index contributed by atoms with van der Waals surface area (Å²) in [5.41, 5.74) is 1.98. The Labute approximate surface area is 149 Å². The topological polar surface area (TPSA) is 49.4 Å². The van der Waals surface area contributed by atoms with Crippen LogP contribution < -0.4 is 5.32 Å². The first-order valence-electron chi connectivity index (χ1n) is 8.80. The number of carbonyl (C=O) groups excluding carboxylic acids is 2. The summed E-state index contributed by atoms with van der Waals surface area (Å²) >= 11 is 1.77. The van der Waals surface area contributed by atoms with E-state index in [0.29, 0.717) is 13.1 Å². The zero-order valence-corrected chi connectivity index (χ0v) is 15.5. The predicted molar refractivity (Wildman–Crippen MR) is 100 cm³/mol. The highest BCUT2D eigenvalue weighted by Gasteiger charge is 2.27. The molecule has 5 heteroatoms. The zero-order chi connectivity index (χ0) is 17.4. The Balaban J connectivity index is 1.82. The number of carbonyl (C=O) groups is 2. The Hall–Kier alpha value is -1.49. The summed E-state index contributed by atoms with van der Waals surface area (Å²) in [6.07, 6.45) is 5.70. The molecule has 0 radical (unpaired) electrons. The maximum Gasteiger partial charge on any atom is 0.253 e. The number of benzene rings is 1. The van der Waals surface area contributed by atoms with Gasteiger partial charge in [-0.3, -0.25) is 9.59 Å². The van der Waals surface area contributed by atoms with Crippen molar-refractivity contribution in [1.82, 2.24) is 10.2 Å². The Morgan fingerprint density at radius 1 is 1.21 bits per heavy atom. The van der Waals surface area contributed by atoms with Crippen molar-refractivity contribution in [1.29, 1.82) is 0 Å². The van der Waals surface area contributed by atoms with Gasteiger partial charge in [0.2, 0.25) is 5.91 Å². The summed E-state index contributed by atoms with van der Waals surface area (Å²) in [7, 11) is 0. The average molecular weight is 349 g/mol. The largest absolute Gasteiger partial charge is 0.356 e. The molecule has 1 aliphatic rings. The second kappa shape index (κ2) is 9.72. The fourth-order valence-corrected chi connectivity index (χ4v) is 3.50. The van der Waals surface area contributed by atoms with Crippen LogP contribution in [0.5, 0.6) is 0 Å². The minimum atomic E-state index is 0.0508. The Kier molecular flexibility index (Phi) is 7.63. The van der Waals surface area contributed by atoms with Gasteiger partial charge >= 0.3 is 0 Å². The van der Waals surface area contributed by atoms with Gasteiger partial charge in [0.15, 0.2) is 0 Å². The first-order valence-corrected chi connectivity index (χ1v) is 10.2. The van der Waals surface area contributed by atoms with Crippen molar-refractivity contribution in [2.75, 3.05) is 25.9 Å². The van der Waals surface area contributed by atoms with E-state index in [1.54, 1.807) is 11.8 Å². The molecule has 0 bridgehead atoms. The van der Waals surface area contributed by atoms with Gasteiger partial charge in [0.25, 0.3) is 5.91 Å². The molecule has 1 aliphatic heterocycles. The van der Waals surface area contributed by atoms with Gasteiger partial charge in [0.1, 0.15) is 0 Å². The number of amides is 2. The number of hydrogen-bond donors (Lipinski definition) is 1. The minimum Gasteiger partial charge on any atom is -0.356 e. The molecule has 2 amide bonds. The molecule has 0 saturated carbocycles. The van der Waals surface area contributed by atoms with E-state index in [1.807, 2.05) is 29.2 Å². The van der Waals surface area contributed by atoms with Crippen molar-refractivity contribution in [3.8, 4) is 0 Å². The van der Waals surface area contributed by atoms with Gasteiger partial charge in [-0.05, 0) is 43.2 Å². The molecule has 0 aliphatic carbocycles. The highest BCUT2D eigenvalue weighted by atomic mass is 32.2. The van der Waals surface area contributed by atoms with Crippen molar-refractivity contribution in [3.63, 3.8) is 0 Å². The van der Waals surface area contributed by atoms with Crippen LogP contribution in [-0.2, 0) is 10.5 Å². The Morgan fingerprint density at radius 3 is 2.46 bits per heavy atom. The summed E-state index contributed by atoms with van der Waals surface area (Å²) in [4.78, 5) is 26.6. The standard InChI is InChI=1S/C19H28N2O2S/c1-3-4-11-20-18(22)16-9-12-21(13-10-16)19(23)17-7-5-15(6-8-17)14-24-2/h5-8,16H,3-4,9-14H2,1-2H3,(H,20,22). The molecule has 2 rings (SSSR count). The molecule has 132 valence electrons. The first kappa shape index (κ1) is 18.8. The van der Waals surface area contributed by atoms with Gasteiger partial charge in [-0.25, -0.2) is 0 Å². The van der Waals surface area contributed by atoms with Crippen molar-refractivity contribution < 1.29 is 9.59 Å². The molecule has 1 saturated heterocycles. The van der Waals surface area contributed by atoms with Crippen LogP contribution in [0.25, 0.3) is 0 Å². The summed E-state index contributed by atoms with van der Waals surface area (Å²) in [5, 5.41) is 3.00. The molecule has 24 heavy (non-hydrogen) atoms. The first-order chi connectivity index (χ1) is 11.7. The molecular weight excluding hydrogens is 320 g/mol. The number of unbranched alkanes of at least 4 members (excludes halogenated alkanes) is 1. The lowest BCUT2D eigenvalue weighted by Gasteiger charge is -2.31. The van der Waals surface area contributed by atoms with Crippen LogP contribution in [0.2, 0.25) is 0 Å². The maximum absolute atomic E-state index is 12.6. The van der Waals surface area contributed by atoms with Crippen molar-refractivity contribution in [2.45, 2.75) is 38.4 Å². The predicted octanol–water partition coefficient (Wildman–Crippen LogP) is 3.32. The lowest BCUT2D eigenvalue weighted by molar-refractivity contribution is -0.126. The highest BCUT2D eigenvalue weighted by molar-refractivity contribution is 7.97. The van der Waals surface area contributed by atoms with Gasteiger partial charge in [-0.15, -0.1) is 0 Å². The molecule has 4 nitrogen and oxygen atoms in total. The van der Waals surface area contributed by atoms with Crippen LogP contribution in [0.3, 0.4) is 0 Å². The van der Waals surface area contributed by atoms with Crippen LogP contribution in [0.15, 0.2) is 24.3 Å². The second-order valence-corrected chi connectivity index (χ2v) is 7.21. The van der Waals surface area contributed by atoms with Crippen molar-refractivity contribution >= 4 is 23.6 Å². The fourth-order valence-electron chi connectivity index (χ4n) is 2.97. The molecule has 1 fully saturated rings. The van der Waals surface area contributed by atoms with Gasteiger partial charge in [-0.1, -0.05) is 25.5 Å². The van der Waals surface area contributed by atoms with E-state index in [9.17, 15) is 9.59 Å². The summed E-state index contributed by atoms with van der Waals surface area (Å²) in [6.45, 7) is 4.20. The van der Waals surface area contributed by atoms with E-state index in [4.69, 9.17) is 0 Å². The number of piperidine rings is 1. The van der Waals surface area contributed by atoms with Gasteiger partial charge < -0.3 is 10.2 Å². The molecule has 0 atom stereocenters. The van der Waals surface area contributed by atoms with Gasteiger partial charge in [0.05, 0.1) is 0 Å². The quantitative estimate of drug-likeness (QED) is 0.769. The lowest BCUT2D eigenvalue weighted by atomic mass is 9.95. The third-order valence-corrected chi connectivity index (χ3v) is 5.12. The van der Waals surface area contributed by atoms with Crippen LogP contribution in [-0.4, -0.2) is 42.6 Å². The highest BCUT2D eigenvalue weighted by Crippen LogP contribution is 2.20.